The minimum atomic E-state index is -0.246. The van der Waals surface area contributed by atoms with Crippen molar-refractivity contribution in [2.24, 2.45) is 5.41 Å². The average molecular weight is 170 g/mol. The largest absolute Gasteiger partial charge is 0.370 e. The van der Waals surface area contributed by atoms with Gasteiger partial charge in [-0.2, -0.15) is 0 Å². The molecule has 0 aromatic rings. The predicted octanol–water partition coefficient (Wildman–Crippen LogP) is 2.17. The summed E-state index contributed by atoms with van der Waals surface area (Å²) in [5.41, 5.74) is -0.246. The van der Waals surface area contributed by atoms with Crippen LogP contribution in [0.5, 0.6) is 0 Å². The quantitative estimate of drug-likeness (QED) is 0.649. The van der Waals surface area contributed by atoms with Gasteiger partial charge in [-0.25, -0.2) is 0 Å². The maximum Gasteiger partial charge on any atom is 0.163 e. The van der Waals surface area contributed by atoms with Gasteiger partial charge in [-0.3, -0.25) is 4.79 Å². The molecule has 0 bridgehead atoms. The number of carbonyl (C=O) groups is 1. The highest BCUT2D eigenvalue weighted by Gasteiger charge is 2.24. The second-order valence-electron chi connectivity index (χ2n) is 4.54. The molecule has 0 aliphatic heterocycles. The molecule has 1 aliphatic rings. The van der Waals surface area contributed by atoms with Gasteiger partial charge in [-0.1, -0.05) is 20.8 Å². The van der Waals surface area contributed by atoms with Gasteiger partial charge in [0.15, 0.2) is 5.78 Å². The Morgan fingerprint density at radius 1 is 1.42 bits per heavy atom. The van der Waals surface area contributed by atoms with E-state index in [2.05, 4.69) is 0 Å². The van der Waals surface area contributed by atoms with E-state index in [1.54, 1.807) is 0 Å². The third kappa shape index (κ3) is 2.59. The van der Waals surface area contributed by atoms with Crippen LogP contribution in [-0.2, 0) is 9.53 Å². The number of carbonyl (C=O) groups excluding carboxylic acids is 1. The first-order chi connectivity index (χ1) is 5.50. The molecule has 1 fully saturated rings. The van der Waals surface area contributed by atoms with Crippen molar-refractivity contribution in [3.63, 3.8) is 0 Å². The van der Waals surface area contributed by atoms with Crippen molar-refractivity contribution in [2.45, 2.75) is 46.1 Å². The first kappa shape index (κ1) is 9.72. The first-order valence-electron chi connectivity index (χ1n) is 4.65. The van der Waals surface area contributed by atoms with E-state index in [1.807, 2.05) is 20.8 Å². The lowest BCUT2D eigenvalue weighted by Gasteiger charge is -2.26. The number of ether oxygens (including phenoxy) is 1. The van der Waals surface area contributed by atoms with Crippen molar-refractivity contribution < 1.29 is 9.53 Å². The van der Waals surface area contributed by atoms with Crippen LogP contribution < -0.4 is 0 Å². The summed E-state index contributed by atoms with van der Waals surface area (Å²) in [6.07, 6.45) is 3.90. The lowest BCUT2D eigenvalue weighted by Crippen LogP contribution is -2.30. The number of hydrogen-bond donors (Lipinski definition) is 0. The standard InChI is InChI=1S/C10H18O2/c1-10(2,3)9(11)7-12-8-5-4-6-8/h8H,4-7H2,1-3H3. The Hall–Kier alpha value is -0.370. The number of hydrogen-bond acceptors (Lipinski definition) is 2. The van der Waals surface area contributed by atoms with Crippen LogP contribution in [0.1, 0.15) is 40.0 Å². The summed E-state index contributed by atoms with van der Waals surface area (Å²) in [4.78, 5) is 11.4. The summed E-state index contributed by atoms with van der Waals surface area (Å²) >= 11 is 0. The summed E-state index contributed by atoms with van der Waals surface area (Å²) in [6, 6.07) is 0. The van der Waals surface area contributed by atoms with Crippen molar-refractivity contribution in [2.75, 3.05) is 6.61 Å². The van der Waals surface area contributed by atoms with E-state index in [-0.39, 0.29) is 11.2 Å². The van der Waals surface area contributed by atoms with Crippen LogP contribution in [0.4, 0.5) is 0 Å². The lowest BCUT2D eigenvalue weighted by atomic mass is 9.91. The molecule has 0 aromatic heterocycles. The molecule has 1 rings (SSSR count). The van der Waals surface area contributed by atoms with Gasteiger partial charge in [0.2, 0.25) is 0 Å². The van der Waals surface area contributed by atoms with Crippen LogP contribution in [0.2, 0.25) is 0 Å². The topological polar surface area (TPSA) is 26.3 Å². The maximum atomic E-state index is 11.4. The minimum Gasteiger partial charge on any atom is -0.370 e. The maximum absolute atomic E-state index is 11.4. The molecule has 1 saturated carbocycles. The van der Waals surface area contributed by atoms with Crippen LogP contribution in [0, 0.1) is 5.41 Å². The minimum absolute atomic E-state index is 0.203. The number of Topliss-reactive ketones (excluding diaryl/α,β-unsaturated/α-hetero) is 1. The molecule has 0 unspecified atom stereocenters. The van der Waals surface area contributed by atoms with Crippen molar-refractivity contribution in [3.05, 3.63) is 0 Å². The van der Waals surface area contributed by atoms with Crippen LogP contribution >= 0.6 is 0 Å². The van der Waals surface area contributed by atoms with Gasteiger partial charge in [0, 0.05) is 5.41 Å². The summed E-state index contributed by atoms with van der Waals surface area (Å²) in [5.74, 6) is 0.203. The molecule has 0 spiro atoms. The molecule has 0 aromatic carbocycles. The smallest absolute Gasteiger partial charge is 0.163 e. The van der Waals surface area contributed by atoms with Crippen LogP contribution in [0.15, 0.2) is 0 Å². The molecular formula is C10H18O2. The monoisotopic (exact) mass is 170 g/mol. The highest BCUT2D eigenvalue weighted by molar-refractivity contribution is 5.84. The fourth-order valence-corrected chi connectivity index (χ4v) is 0.948. The third-order valence-corrected chi connectivity index (χ3v) is 2.34. The molecule has 0 atom stereocenters. The molecular weight excluding hydrogens is 152 g/mol. The van der Waals surface area contributed by atoms with Gasteiger partial charge in [-0.05, 0) is 19.3 Å². The molecule has 0 radical (unpaired) electrons. The van der Waals surface area contributed by atoms with Gasteiger partial charge in [0.05, 0.1) is 6.10 Å². The normalized spacial score (nSPS) is 18.9. The lowest BCUT2D eigenvalue weighted by molar-refractivity contribution is -0.134. The van der Waals surface area contributed by atoms with E-state index >= 15 is 0 Å². The fraction of sp³-hybridized carbons (Fsp3) is 0.900. The van der Waals surface area contributed by atoms with Gasteiger partial charge in [-0.15, -0.1) is 0 Å². The fourth-order valence-electron chi connectivity index (χ4n) is 0.948. The summed E-state index contributed by atoms with van der Waals surface area (Å²) in [5, 5.41) is 0. The van der Waals surface area contributed by atoms with Gasteiger partial charge in [0.25, 0.3) is 0 Å². The Balaban J connectivity index is 2.17. The Morgan fingerprint density at radius 2 is 2.00 bits per heavy atom. The molecule has 0 saturated heterocycles. The summed E-state index contributed by atoms with van der Waals surface area (Å²) in [7, 11) is 0. The van der Waals surface area contributed by atoms with E-state index in [0.29, 0.717) is 12.7 Å². The van der Waals surface area contributed by atoms with Crippen LogP contribution in [0.3, 0.4) is 0 Å². The predicted molar refractivity (Wildman–Crippen MR) is 48.1 cm³/mol. The summed E-state index contributed by atoms with van der Waals surface area (Å²) in [6.45, 7) is 6.09. The van der Waals surface area contributed by atoms with Crippen molar-refractivity contribution in [1.82, 2.24) is 0 Å². The van der Waals surface area contributed by atoms with E-state index in [4.69, 9.17) is 4.74 Å². The van der Waals surface area contributed by atoms with E-state index < -0.39 is 0 Å². The Bertz CT molecular complexity index is 163. The Morgan fingerprint density at radius 3 is 2.33 bits per heavy atom. The second-order valence-corrected chi connectivity index (χ2v) is 4.54. The third-order valence-electron chi connectivity index (χ3n) is 2.34. The highest BCUT2D eigenvalue weighted by Crippen LogP contribution is 2.23. The average Bonchev–Trinajstić information content (AvgIpc) is 1.81. The van der Waals surface area contributed by atoms with E-state index in [0.717, 1.165) is 12.8 Å². The highest BCUT2D eigenvalue weighted by atomic mass is 16.5. The Kier molecular flexibility index (Phi) is 2.89. The number of ketones is 1. The molecule has 2 heteroatoms. The summed E-state index contributed by atoms with van der Waals surface area (Å²) < 4.78 is 5.42. The Labute approximate surface area is 74.3 Å². The van der Waals surface area contributed by atoms with Crippen molar-refractivity contribution >= 4 is 5.78 Å². The number of rotatable bonds is 3. The SMILES string of the molecule is CC(C)(C)C(=O)COC1CCC1. The molecule has 0 amide bonds. The molecule has 12 heavy (non-hydrogen) atoms. The second kappa shape index (κ2) is 3.56. The molecule has 0 N–H and O–H groups in total. The molecule has 2 nitrogen and oxygen atoms in total. The molecule has 70 valence electrons. The van der Waals surface area contributed by atoms with Crippen molar-refractivity contribution in [3.8, 4) is 0 Å². The van der Waals surface area contributed by atoms with Gasteiger partial charge < -0.3 is 4.74 Å². The molecule has 1 aliphatic carbocycles. The van der Waals surface area contributed by atoms with Gasteiger partial charge >= 0.3 is 0 Å². The van der Waals surface area contributed by atoms with Crippen molar-refractivity contribution in [1.29, 1.82) is 0 Å². The van der Waals surface area contributed by atoms with Crippen LogP contribution in [-0.4, -0.2) is 18.5 Å². The zero-order valence-electron chi connectivity index (χ0n) is 8.22. The molecule has 0 heterocycles. The van der Waals surface area contributed by atoms with Gasteiger partial charge in [0.1, 0.15) is 6.61 Å². The van der Waals surface area contributed by atoms with E-state index in [1.165, 1.54) is 6.42 Å². The zero-order chi connectivity index (χ0) is 9.19. The van der Waals surface area contributed by atoms with Crippen LogP contribution in [0.25, 0.3) is 0 Å². The van der Waals surface area contributed by atoms with E-state index in [9.17, 15) is 4.79 Å². The first-order valence-corrected chi connectivity index (χ1v) is 4.65. The zero-order valence-corrected chi connectivity index (χ0v) is 8.22.